The maximum atomic E-state index is 12.1. The zero-order valence-electron chi connectivity index (χ0n) is 12.2. The largest absolute Gasteiger partial charge is 0.497 e. The van der Waals surface area contributed by atoms with E-state index in [2.05, 4.69) is 5.32 Å². The van der Waals surface area contributed by atoms with Crippen molar-refractivity contribution in [2.45, 2.75) is 6.54 Å². The van der Waals surface area contributed by atoms with Gasteiger partial charge in [0.25, 0.3) is 5.91 Å². The SMILES string of the molecule is COc1cccc(C=C(C#N)C(=O)NCc2ccccc2)c1. The normalized spacial score (nSPS) is 10.6. The fraction of sp³-hybridized carbons (Fsp3) is 0.111. The summed E-state index contributed by atoms with van der Waals surface area (Å²) in [5.41, 5.74) is 1.78. The Labute approximate surface area is 129 Å². The van der Waals surface area contributed by atoms with Crippen LogP contribution in [0.2, 0.25) is 0 Å². The van der Waals surface area contributed by atoms with Gasteiger partial charge in [-0.2, -0.15) is 5.26 Å². The molecule has 0 aliphatic carbocycles. The lowest BCUT2D eigenvalue weighted by Crippen LogP contribution is -2.23. The molecule has 0 bridgehead atoms. The van der Waals surface area contributed by atoms with Crippen LogP contribution >= 0.6 is 0 Å². The highest BCUT2D eigenvalue weighted by molar-refractivity contribution is 6.01. The monoisotopic (exact) mass is 292 g/mol. The topological polar surface area (TPSA) is 62.1 Å². The first-order valence-electron chi connectivity index (χ1n) is 6.81. The summed E-state index contributed by atoms with van der Waals surface area (Å²) < 4.78 is 5.12. The molecule has 0 spiro atoms. The van der Waals surface area contributed by atoms with Crippen molar-refractivity contribution in [1.29, 1.82) is 5.26 Å². The molecule has 0 radical (unpaired) electrons. The van der Waals surface area contributed by atoms with Gasteiger partial charge in [-0.25, -0.2) is 0 Å². The number of benzene rings is 2. The molecular weight excluding hydrogens is 276 g/mol. The van der Waals surface area contributed by atoms with E-state index >= 15 is 0 Å². The first-order chi connectivity index (χ1) is 10.7. The Morgan fingerprint density at radius 3 is 2.68 bits per heavy atom. The van der Waals surface area contributed by atoms with E-state index in [0.717, 1.165) is 11.1 Å². The summed E-state index contributed by atoms with van der Waals surface area (Å²) >= 11 is 0. The lowest BCUT2D eigenvalue weighted by Gasteiger charge is -2.05. The third-order valence-electron chi connectivity index (χ3n) is 3.07. The minimum Gasteiger partial charge on any atom is -0.497 e. The average Bonchev–Trinajstić information content (AvgIpc) is 2.58. The fourth-order valence-corrected chi connectivity index (χ4v) is 1.92. The highest BCUT2D eigenvalue weighted by Gasteiger charge is 2.08. The van der Waals surface area contributed by atoms with E-state index in [0.29, 0.717) is 12.3 Å². The Morgan fingerprint density at radius 1 is 1.23 bits per heavy atom. The summed E-state index contributed by atoms with van der Waals surface area (Å²) in [6.07, 6.45) is 1.54. The molecule has 4 heteroatoms. The van der Waals surface area contributed by atoms with Crippen molar-refractivity contribution in [1.82, 2.24) is 5.32 Å². The second-order valence-corrected chi connectivity index (χ2v) is 4.61. The maximum absolute atomic E-state index is 12.1. The number of nitrogens with zero attached hydrogens (tertiary/aromatic N) is 1. The van der Waals surface area contributed by atoms with Crippen LogP contribution in [-0.2, 0) is 11.3 Å². The molecule has 0 saturated heterocycles. The molecule has 110 valence electrons. The van der Waals surface area contributed by atoms with Gasteiger partial charge in [0.1, 0.15) is 17.4 Å². The predicted molar refractivity (Wildman–Crippen MR) is 84.9 cm³/mol. The van der Waals surface area contributed by atoms with Crippen LogP contribution in [0, 0.1) is 11.3 Å². The van der Waals surface area contributed by atoms with Gasteiger partial charge in [0.2, 0.25) is 0 Å². The fourth-order valence-electron chi connectivity index (χ4n) is 1.92. The van der Waals surface area contributed by atoms with Crippen LogP contribution in [0.4, 0.5) is 0 Å². The molecule has 0 fully saturated rings. The number of amides is 1. The summed E-state index contributed by atoms with van der Waals surface area (Å²) in [4.78, 5) is 12.1. The standard InChI is InChI=1S/C18H16N2O2/c1-22-17-9-5-8-15(11-17)10-16(12-19)18(21)20-13-14-6-3-2-4-7-14/h2-11H,13H2,1H3,(H,20,21). The van der Waals surface area contributed by atoms with E-state index in [1.165, 1.54) is 0 Å². The minimum atomic E-state index is -0.394. The molecule has 1 N–H and O–H groups in total. The number of rotatable bonds is 5. The molecule has 0 aromatic heterocycles. The molecule has 2 aromatic carbocycles. The zero-order chi connectivity index (χ0) is 15.8. The van der Waals surface area contributed by atoms with E-state index in [-0.39, 0.29) is 5.57 Å². The van der Waals surface area contributed by atoms with Crippen LogP contribution in [0.15, 0.2) is 60.2 Å². The van der Waals surface area contributed by atoms with Crippen LogP contribution in [0.5, 0.6) is 5.75 Å². The number of ether oxygens (including phenoxy) is 1. The highest BCUT2D eigenvalue weighted by atomic mass is 16.5. The summed E-state index contributed by atoms with van der Waals surface area (Å²) in [5, 5.41) is 11.9. The number of carbonyl (C=O) groups excluding carboxylic acids is 1. The summed E-state index contributed by atoms with van der Waals surface area (Å²) in [6, 6.07) is 18.7. The molecule has 0 aliphatic heterocycles. The van der Waals surface area contributed by atoms with Crippen LogP contribution in [-0.4, -0.2) is 13.0 Å². The molecule has 2 rings (SSSR count). The molecular formula is C18H16N2O2. The Bertz CT molecular complexity index is 715. The Morgan fingerprint density at radius 2 is 2.00 bits per heavy atom. The van der Waals surface area contributed by atoms with Crippen molar-refractivity contribution in [2.24, 2.45) is 0 Å². The van der Waals surface area contributed by atoms with Gasteiger partial charge in [0.05, 0.1) is 7.11 Å². The van der Waals surface area contributed by atoms with E-state index in [1.807, 2.05) is 48.5 Å². The van der Waals surface area contributed by atoms with Crippen LogP contribution in [0.1, 0.15) is 11.1 Å². The van der Waals surface area contributed by atoms with Crippen LogP contribution in [0.25, 0.3) is 6.08 Å². The Balaban J connectivity index is 2.08. The number of nitrogens with one attached hydrogen (secondary N) is 1. The molecule has 1 amide bonds. The second kappa shape index (κ2) is 7.65. The van der Waals surface area contributed by atoms with Crippen molar-refractivity contribution in [3.05, 3.63) is 71.3 Å². The molecule has 0 saturated carbocycles. The number of methoxy groups -OCH3 is 1. The number of hydrogen-bond acceptors (Lipinski definition) is 3. The first kappa shape index (κ1) is 15.3. The Kier molecular flexibility index (Phi) is 5.33. The third-order valence-corrected chi connectivity index (χ3v) is 3.07. The quantitative estimate of drug-likeness (QED) is 0.681. The lowest BCUT2D eigenvalue weighted by atomic mass is 10.1. The van der Waals surface area contributed by atoms with Gasteiger partial charge in [-0.15, -0.1) is 0 Å². The van der Waals surface area contributed by atoms with Gasteiger partial charge in [-0.05, 0) is 29.3 Å². The van der Waals surface area contributed by atoms with Gasteiger partial charge in [-0.3, -0.25) is 4.79 Å². The van der Waals surface area contributed by atoms with E-state index in [9.17, 15) is 10.1 Å². The third kappa shape index (κ3) is 4.22. The lowest BCUT2D eigenvalue weighted by molar-refractivity contribution is -0.117. The smallest absolute Gasteiger partial charge is 0.262 e. The Hall–Kier alpha value is -3.06. The van der Waals surface area contributed by atoms with E-state index in [1.54, 1.807) is 25.3 Å². The second-order valence-electron chi connectivity index (χ2n) is 4.61. The minimum absolute atomic E-state index is 0.0594. The van der Waals surface area contributed by atoms with E-state index < -0.39 is 5.91 Å². The molecule has 0 aliphatic rings. The van der Waals surface area contributed by atoms with Gasteiger partial charge in [0.15, 0.2) is 0 Å². The van der Waals surface area contributed by atoms with Gasteiger partial charge < -0.3 is 10.1 Å². The average molecular weight is 292 g/mol. The van der Waals surface area contributed by atoms with Crippen LogP contribution < -0.4 is 10.1 Å². The molecule has 22 heavy (non-hydrogen) atoms. The molecule has 0 heterocycles. The van der Waals surface area contributed by atoms with Crippen molar-refractivity contribution in [3.8, 4) is 11.8 Å². The van der Waals surface area contributed by atoms with Crippen molar-refractivity contribution in [2.75, 3.05) is 7.11 Å². The predicted octanol–water partition coefficient (Wildman–Crippen LogP) is 2.92. The molecule has 0 atom stereocenters. The molecule has 2 aromatic rings. The summed E-state index contributed by atoms with van der Waals surface area (Å²) in [5.74, 6) is 0.282. The number of carbonyl (C=O) groups is 1. The van der Waals surface area contributed by atoms with E-state index in [4.69, 9.17) is 4.74 Å². The number of hydrogen-bond donors (Lipinski definition) is 1. The highest BCUT2D eigenvalue weighted by Crippen LogP contribution is 2.15. The first-order valence-corrected chi connectivity index (χ1v) is 6.81. The van der Waals surface area contributed by atoms with Gasteiger partial charge >= 0.3 is 0 Å². The van der Waals surface area contributed by atoms with Crippen LogP contribution in [0.3, 0.4) is 0 Å². The van der Waals surface area contributed by atoms with Gasteiger partial charge in [0, 0.05) is 6.54 Å². The van der Waals surface area contributed by atoms with Crippen molar-refractivity contribution >= 4 is 12.0 Å². The summed E-state index contributed by atoms with van der Waals surface area (Å²) in [7, 11) is 1.57. The maximum Gasteiger partial charge on any atom is 0.262 e. The van der Waals surface area contributed by atoms with Gasteiger partial charge in [-0.1, -0.05) is 42.5 Å². The van der Waals surface area contributed by atoms with Crippen molar-refractivity contribution < 1.29 is 9.53 Å². The molecule has 4 nitrogen and oxygen atoms in total. The van der Waals surface area contributed by atoms with Crippen molar-refractivity contribution in [3.63, 3.8) is 0 Å². The molecule has 0 unspecified atom stereocenters. The number of nitriles is 1. The zero-order valence-corrected chi connectivity index (χ0v) is 12.2. The summed E-state index contributed by atoms with van der Waals surface area (Å²) in [6.45, 7) is 0.386.